The van der Waals surface area contributed by atoms with Gasteiger partial charge < -0.3 is 10.4 Å². The van der Waals surface area contributed by atoms with Gasteiger partial charge in [0.25, 0.3) is 0 Å². The molecule has 4 nitrogen and oxygen atoms in total. The number of carbonyl (C=O) groups is 2. The third kappa shape index (κ3) is 4.00. The lowest BCUT2D eigenvalue weighted by atomic mass is 10.4. The zero-order valence-electron chi connectivity index (χ0n) is 10.1. The van der Waals surface area contributed by atoms with Gasteiger partial charge in [-0.25, -0.2) is 4.79 Å². The fourth-order valence-corrected chi connectivity index (χ4v) is 3.20. The molecule has 2 rings (SSSR count). The first-order valence-corrected chi connectivity index (χ1v) is 7.74. The third-order valence-electron chi connectivity index (χ3n) is 2.27. The van der Waals surface area contributed by atoms with Crippen molar-refractivity contribution in [1.29, 1.82) is 0 Å². The maximum absolute atomic E-state index is 11.8. The predicted molar refractivity (Wildman–Crippen MR) is 82.1 cm³/mol. The van der Waals surface area contributed by atoms with E-state index in [4.69, 9.17) is 16.7 Å². The van der Waals surface area contributed by atoms with E-state index in [2.05, 4.69) is 5.32 Å². The Labute approximate surface area is 128 Å². The average molecular weight is 328 g/mol. The molecule has 0 atom stereocenters. The Morgan fingerprint density at radius 3 is 2.65 bits per heavy atom. The molecule has 1 heterocycles. The van der Waals surface area contributed by atoms with Crippen LogP contribution in [0.3, 0.4) is 0 Å². The summed E-state index contributed by atoms with van der Waals surface area (Å²) in [5, 5.41) is 12.6. The van der Waals surface area contributed by atoms with Gasteiger partial charge in [-0.2, -0.15) is 0 Å². The Kier molecular flexibility index (Phi) is 5.05. The minimum absolute atomic E-state index is 0.194. The Balaban J connectivity index is 1.89. The highest BCUT2D eigenvalue weighted by Gasteiger charge is 2.10. The van der Waals surface area contributed by atoms with E-state index >= 15 is 0 Å². The number of thioether (sulfide) groups is 1. The van der Waals surface area contributed by atoms with E-state index in [9.17, 15) is 9.59 Å². The van der Waals surface area contributed by atoms with E-state index in [0.717, 1.165) is 16.2 Å². The second kappa shape index (κ2) is 6.78. The maximum atomic E-state index is 11.8. The number of rotatable bonds is 5. The van der Waals surface area contributed by atoms with Gasteiger partial charge in [0.05, 0.1) is 15.8 Å². The van der Waals surface area contributed by atoms with Crippen LogP contribution in [-0.4, -0.2) is 22.7 Å². The number of halogens is 1. The molecule has 1 amide bonds. The lowest BCUT2D eigenvalue weighted by Gasteiger charge is -2.04. The standard InChI is InChI=1S/C13H10ClNO3S2/c14-8-3-1-2-4-9(8)19-7-11(16)15-12-6-5-10(20-12)13(17)18/h1-6H,7H2,(H,15,16)(H,17,18). The highest BCUT2D eigenvalue weighted by atomic mass is 35.5. The largest absolute Gasteiger partial charge is 0.477 e. The topological polar surface area (TPSA) is 66.4 Å². The summed E-state index contributed by atoms with van der Waals surface area (Å²) in [6.07, 6.45) is 0. The predicted octanol–water partition coefficient (Wildman–Crippen LogP) is 3.83. The third-order valence-corrected chi connectivity index (χ3v) is 4.78. The van der Waals surface area contributed by atoms with Crippen LogP contribution in [0.4, 0.5) is 5.00 Å². The number of amides is 1. The molecular formula is C13H10ClNO3S2. The highest BCUT2D eigenvalue weighted by molar-refractivity contribution is 8.00. The van der Waals surface area contributed by atoms with Gasteiger partial charge in [-0.05, 0) is 24.3 Å². The molecule has 1 aromatic heterocycles. The van der Waals surface area contributed by atoms with Crippen molar-refractivity contribution in [3.05, 3.63) is 46.3 Å². The molecule has 0 radical (unpaired) electrons. The van der Waals surface area contributed by atoms with Crippen LogP contribution in [0.2, 0.25) is 5.02 Å². The summed E-state index contributed by atoms with van der Waals surface area (Å²) in [5.74, 6) is -0.987. The van der Waals surface area contributed by atoms with Crippen molar-refractivity contribution in [2.45, 2.75) is 4.90 Å². The minimum Gasteiger partial charge on any atom is -0.477 e. The number of nitrogens with one attached hydrogen (secondary N) is 1. The van der Waals surface area contributed by atoms with Gasteiger partial charge in [0.15, 0.2) is 0 Å². The van der Waals surface area contributed by atoms with Crippen LogP contribution in [0.5, 0.6) is 0 Å². The van der Waals surface area contributed by atoms with Crippen molar-refractivity contribution in [1.82, 2.24) is 0 Å². The van der Waals surface area contributed by atoms with Gasteiger partial charge in [-0.1, -0.05) is 23.7 Å². The van der Waals surface area contributed by atoms with Gasteiger partial charge in [0.1, 0.15) is 4.88 Å². The van der Waals surface area contributed by atoms with Crippen molar-refractivity contribution in [2.24, 2.45) is 0 Å². The zero-order valence-corrected chi connectivity index (χ0v) is 12.5. The van der Waals surface area contributed by atoms with Crippen molar-refractivity contribution in [3.8, 4) is 0 Å². The van der Waals surface area contributed by atoms with E-state index in [1.54, 1.807) is 12.1 Å². The van der Waals surface area contributed by atoms with Crippen molar-refractivity contribution in [2.75, 3.05) is 11.1 Å². The van der Waals surface area contributed by atoms with E-state index in [1.807, 2.05) is 18.2 Å². The molecule has 0 saturated carbocycles. The molecule has 0 saturated heterocycles. The quantitative estimate of drug-likeness (QED) is 0.819. The molecule has 0 spiro atoms. The summed E-state index contributed by atoms with van der Waals surface area (Å²) in [6, 6.07) is 10.3. The van der Waals surface area contributed by atoms with Crippen LogP contribution in [0.15, 0.2) is 41.3 Å². The number of benzene rings is 1. The SMILES string of the molecule is O=C(CSc1ccccc1Cl)Nc1ccc(C(=O)O)s1. The number of carboxylic acid groups (broad SMARTS) is 1. The number of thiophene rings is 1. The van der Waals surface area contributed by atoms with Crippen LogP contribution in [0, 0.1) is 0 Å². The molecule has 0 aliphatic rings. The Bertz CT molecular complexity index is 642. The summed E-state index contributed by atoms with van der Waals surface area (Å²) >= 11 is 8.35. The second-order valence-electron chi connectivity index (χ2n) is 3.74. The first-order chi connectivity index (χ1) is 9.56. The normalized spacial score (nSPS) is 10.2. The summed E-state index contributed by atoms with van der Waals surface area (Å²) < 4.78 is 0. The number of carboxylic acids is 1. The van der Waals surface area contributed by atoms with Crippen LogP contribution >= 0.6 is 34.7 Å². The summed E-state index contributed by atoms with van der Waals surface area (Å²) in [4.78, 5) is 23.5. The van der Waals surface area contributed by atoms with Crippen molar-refractivity contribution < 1.29 is 14.7 Å². The molecule has 0 aliphatic carbocycles. The molecular weight excluding hydrogens is 318 g/mol. The highest BCUT2D eigenvalue weighted by Crippen LogP contribution is 2.27. The molecule has 104 valence electrons. The molecule has 2 aromatic rings. The lowest BCUT2D eigenvalue weighted by molar-refractivity contribution is -0.113. The molecule has 2 N–H and O–H groups in total. The molecule has 7 heteroatoms. The van der Waals surface area contributed by atoms with Crippen LogP contribution in [0.25, 0.3) is 0 Å². The van der Waals surface area contributed by atoms with Crippen molar-refractivity contribution >= 4 is 51.6 Å². The first-order valence-electron chi connectivity index (χ1n) is 5.56. The number of hydrogen-bond donors (Lipinski definition) is 2. The Morgan fingerprint density at radius 1 is 1.25 bits per heavy atom. The molecule has 20 heavy (non-hydrogen) atoms. The summed E-state index contributed by atoms with van der Waals surface area (Å²) in [7, 11) is 0. The number of aromatic carboxylic acids is 1. The number of carbonyl (C=O) groups excluding carboxylic acids is 1. The fraction of sp³-hybridized carbons (Fsp3) is 0.0769. The van der Waals surface area contributed by atoms with Crippen LogP contribution in [0.1, 0.15) is 9.67 Å². The minimum atomic E-state index is -0.999. The van der Waals surface area contributed by atoms with Crippen LogP contribution in [-0.2, 0) is 4.79 Å². The number of hydrogen-bond acceptors (Lipinski definition) is 4. The smallest absolute Gasteiger partial charge is 0.345 e. The second-order valence-corrected chi connectivity index (χ2v) is 6.24. The van der Waals surface area contributed by atoms with E-state index in [0.29, 0.717) is 10.0 Å². The zero-order chi connectivity index (χ0) is 14.5. The van der Waals surface area contributed by atoms with E-state index < -0.39 is 5.97 Å². The Morgan fingerprint density at radius 2 is 2.00 bits per heavy atom. The first kappa shape index (κ1) is 14.9. The van der Waals surface area contributed by atoms with Gasteiger partial charge in [-0.15, -0.1) is 23.1 Å². The average Bonchev–Trinajstić information content (AvgIpc) is 2.86. The van der Waals surface area contributed by atoms with E-state index in [1.165, 1.54) is 17.8 Å². The monoisotopic (exact) mass is 327 g/mol. The number of anilines is 1. The molecule has 0 unspecified atom stereocenters. The Hall–Kier alpha value is -1.50. The van der Waals surface area contributed by atoms with Crippen molar-refractivity contribution in [3.63, 3.8) is 0 Å². The van der Waals surface area contributed by atoms with Gasteiger partial charge in [0, 0.05) is 4.90 Å². The molecule has 0 aliphatic heterocycles. The molecule has 0 fully saturated rings. The van der Waals surface area contributed by atoms with E-state index in [-0.39, 0.29) is 16.5 Å². The molecule has 1 aromatic carbocycles. The molecule has 0 bridgehead atoms. The van der Waals surface area contributed by atoms with Crippen LogP contribution < -0.4 is 5.32 Å². The van der Waals surface area contributed by atoms with Gasteiger partial charge >= 0.3 is 5.97 Å². The maximum Gasteiger partial charge on any atom is 0.345 e. The summed E-state index contributed by atoms with van der Waals surface area (Å²) in [5.41, 5.74) is 0. The van der Waals surface area contributed by atoms with Gasteiger partial charge in [0.2, 0.25) is 5.91 Å². The summed E-state index contributed by atoms with van der Waals surface area (Å²) in [6.45, 7) is 0. The fourth-order valence-electron chi connectivity index (χ4n) is 1.40. The van der Waals surface area contributed by atoms with Gasteiger partial charge in [-0.3, -0.25) is 4.79 Å². The lowest BCUT2D eigenvalue weighted by Crippen LogP contribution is -2.12.